The molecule has 0 atom stereocenters. The molecule has 100 valence electrons. The van der Waals surface area contributed by atoms with E-state index in [1.54, 1.807) is 6.07 Å². The van der Waals surface area contributed by atoms with Crippen molar-refractivity contribution >= 4 is 5.91 Å². The molecule has 0 fully saturated rings. The van der Waals surface area contributed by atoms with E-state index in [9.17, 15) is 4.79 Å². The van der Waals surface area contributed by atoms with E-state index in [1.165, 1.54) is 0 Å². The number of benzene rings is 1. The van der Waals surface area contributed by atoms with Crippen LogP contribution in [-0.4, -0.2) is 25.7 Å². The average molecular weight is 250 g/mol. The number of nitrogens with one attached hydrogen (secondary N) is 1. The molecule has 0 aliphatic carbocycles. The SMILES string of the molecule is CC(C)COCCNC(=O)c1cccc(CN)c1. The minimum Gasteiger partial charge on any atom is -0.379 e. The summed E-state index contributed by atoms with van der Waals surface area (Å²) in [6, 6.07) is 7.34. The van der Waals surface area contributed by atoms with Gasteiger partial charge in [0.15, 0.2) is 0 Å². The van der Waals surface area contributed by atoms with E-state index in [1.807, 2.05) is 18.2 Å². The molecule has 1 rings (SSSR count). The van der Waals surface area contributed by atoms with E-state index >= 15 is 0 Å². The van der Waals surface area contributed by atoms with Crippen LogP contribution in [0.5, 0.6) is 0 Å². The first-order chi connectivity index (χ1) is 8.63. The van der Waals surface area contributed by atoms with E-state index in [0.29, 0.717) is 31.2 Å². The number of amides is 1. The first-order valence-electron chi connectivity index (χ1n) is 6.28. The molecule has 0 bridgehead atoms. The van der Waals surface area contributed by atoms with Crippen molar-refractivity contribution in [3.63, 3.8) is 0 Å². The molecular weight excluding hydrogens is 228 g/mol. The van der Waals surface area contributed by atoms with E-state index in [-0.39, 0.29) is 5.91 Å². The lowest BCUT2D eigenvalue weighted by atomic mass is 10.1. The van der Waals surface area contributed by atoms with Gasteiger partial charge in [-0.2, -0.15) is 0 Å². The van der Waals surface area contributed by atoms with Gasteiger partial charge in [0.25, 0.3) is 5.91 Å². The van der Waals surface area contributed by atoms with Crippen LogP contribution in [0.2, 0.25) is 0 Å². The summed E-state index contributed by atoms with van der Waals surface area (Å²) < 4.78 is 5.39. The van der Waals surface area contributed by atoms with Crippen LogP contribution < -0.4 is 11.1 Å². The van der Waals surface area contributed by atoms with Crippen molar-refractivity contribution in [1.82, 2.24) is 5.32 Å². The van der Waals surface area contributed by atoms with Crippen molar-refractivity contribution in [2.45, 2.75) is 20.4 Å². The van der Waals surface area contributed by atoms with Crippen molar-refractivity contribution in [1.29, 1.82) is 0 Å². The highest BCUT2D eigenvalue weighted by molar-refractivity contribution is 5.94. The molecule has 1 aromatic carbocycles. The van der Waals surface area contributed by atoms with Crippen LogP contribution in [0.3, 0.4) is 0 Å². The van der Waals surface area contributed by atoms with Gasteiger partial charge in [0, 0.05) is 25.3 Å². The van der Waals surface area contributed by atoms with Crippen molar-refractivity contribution in [2.24, 2.45) is 11.7 Å². The molecule has 0 heterocycles. The molecule has 0 aliphatic rings. The second-order valence-corrected chi connectivity index (χ2v) is 4.63. The van der Waals surface area contributed by atoms with Crippen LogP contribution in [0.4, 0.5) is 0 Å². The van der Waals surface area contributed by atoms with Gasteiger partial charge in [0.1, 0.15) is 0 Å². The van der Waals surface area contributed by atoms with Crippen molar-refractivity contribution < 1.29 is 9.53 Å². The summed E-state index contributed by atoms with van der Waals surface area (Å²) in [7, 11) is 0. The highest BCUT2D eigenvalue weighted by Gasteiger charge is 2.05. The molecule has 3 N–H and O–H groups in total. The summed E-state index contributed by atoms with van der Waals surface area (Å²) in [6.07, 6.45) is 0. The zero-order chi connectivity index (χ0) is 13.4. The van der Waals surface area contributed by atoms with Gasteiger partial charge < -0.3 is 15.8 Å². The number of rotatable bonds is 7. The van der Waals surface area contributed by atoms with Gasteiger partial charge in [-0.25, -0.2) is 0 Å². The highest BCUT2D eigenvalue weighted by Crippen LogP contribution is 2.04. The van der Waals surface area contributed by atoms with Gasteiger partial charge in [0.2, 0.25) is 0 Å². The highest BCUT2D eigenvalue weighted by atomic mass is 16.5. The van der Waals surface area contributed by atoms with Gasteiger partial charge in [-0.3, -0.25) is 4.79 Å². The van der Waals surface area contributed by atoms with Crippen LogP contribution in [0.1, 0.15) is 29.8 Å². The largest absolute Gasteiger partial charge is 0.379 e. The molecule has 0 aliphatic heterocycles. The van der Waals surface area contributed by atoms with Crippen LogP contribution in [0.25, 0.3) is 0 Å². The van der Waals surface area contributed by atoms with Crippen LogP contribution in [0, 0.1) is 5.92 Å². The van der Waals surface area contributed by atoms with E-state index in [0.717, 1.165) is 12.2 Å². The fourth-order valence-electron chi connectivity index (χ4n) is 1.50. The zero-order valence-electron chi connectivity index (χ0n) is 11.1. The Morgan fingerprint density at radius 1 is 1.44 bits per heavy atom. The lowest BCUT2D eigenvalue weighted by molar-refractivity contribution is 0.0886. The molecular formula is C14H22N2O2. The summed E-state index contributed by atoms with van der Waals surface area (Å²) in [5, 5.41) is 2.82. The molecule has 0 radical (unpaired) electrons. The second-order valence-electron chi connectivity index (χ2n) is 4.63. The Bertz CT molecular complexity index is 378. The summed E-state index contributed by atoms with van der Waals surface area (Å²) in [5.74, 6) is 0.431. The smallest absolute Gasteiger partial charge is 0.251 e. The topological polar surface area (TPSA) is 64.3 Å². The van der Waals surface area contributed by atoms with Crippen molar-refractivity contribution in [3.8, 4) is 0 Å². The summed E-state index contributed by atoms with van der Waals surface area (Å²) in [5.41, 5.74) is 7.13. The average Bonchev–Trinajstić information content (AvgIpc) is 2.37. The Morgan fingerprint density at radius 3 is 2.89 bits per heavy atom. The van der Waals surface area contributed by atoms with Crippen LogP contribution in [0.15, 0.2) is 24.3 Å². The predicted octanol–water partition coefficient (Wildman–Crippen LogP) is 1.55. The first-order valence-corrected chi connectivity index (χ1v) is 6.28. The summed E-state index contributed by atoms with van der Waals surface area (Å²) in [4.78, 5) is 11.8. The zero-order valence-corrected chi connectivity index (χ0v) is 11.1. The maximum absolute atomic E-state index is 11.8. The van der Waals surface area contributed by atoms with E-state index < -0.39 is 0 Å². The maximum Gasteiger partial charge on any atom is 0.251 e. The Labute approximate surface area is 109 Å². The molecule has 0 saturated carbocycles. The molecule has 18 heavy (non-hydrogen) atoms. The van der Waals surface area contributed by atoms with E-state index in [4.69, 9.17) is 10.5 Å². The van der Waals surface area contributed by atoms with Gasteiger partial charge in [-0.1, -0.05) is 26.0 Å². The Hall–Kier alpha value is -1.39. The molecule has 4 nitrogen and oxygen atoms in total. The molecule has 0 unspecified atom stereocenters. The molecule has 0 aromatic heterocycles. The Morgan fingerprint density at radius 2 is 2.22 bits per heavy atom. The van der Waals surface area contributed by atoms with Crippen LogP contribution in [-0.2, 0) is 11.3 Å². The molecule has 0 saturated heterocycles. The molecule has 4 heteroatoms. The van der Waals surface area contributed by atoms with Gasteiger partial charge in [-0.05, 0) is 23.6 Å². The standard InChI is InChI=1S/C14H22N2O2/c1-11(2)10-18-7-6-16-14(17)13-5-3-4-12(8-13)9-15/h3-5,8,11H,6-7,9-10,15H2,1-2H3,(H,16,17). The number of ether oxygens (including phenoxy) is 1. The van der Waals surface area contributed by atoms with Gasteiger partial charge in [0.05, 0.1) is 6.61 Å². The predicted molar refractivity (Wildman–Crippen MR) is 72.3 cm³/mol. The lowest BCUT2D eigenvalue weighted by Crippen LogP contribution is -2.27. The fourth-order valence-corrected chi connectivity index (χ4v) is 1.50. The van der Waals surface area contributed by atoms with Crippen LogP contribution >= 0.6 is 0 Å². The first kappa shape index (κ1) is 14.7. The maximum atomic E-state index is 11.8. The van der Waals surface area contributed by atoms with E-state index in [2.05, 4.69) is 19.2 Å². The third-order valence-corrected chi connectivity index (χ3v) is 2.41. The molecule has 1 aromatic rings. The third-order valence-electron chi connectivity index (χ3n) is 2.41. The Kier molecular flexibility index (Phi) is 6.39. The number of hydrogen-bond donors (Lipinski definition) is 2. The lowest BCUT2D eigenvalue weighted by Gasteiger charge is -2.08. The summed E-state index contributed by atoms with van der Waals surface area (Å²) in [6.45, 7) is 6.42. The number of carbonyl (C=O) groups excluding carboxylic acids is 1. The van der Waals surface area contributed by atoms with Crippen molar-refractivity contribution in [3.05, 3.63) is 35.4 Å². The number of nitrogens with two attached hydrogens (primary N) is 1. The normalized spacial score (nSPS) is 10.7. The minimum absolute atomic E-state index is 0.0848. The third kappa shape index (κ3) is 5.29. The van der Waals surface area contributed by atoms with Gasteiger partial charge >= 0.3 is 0 Å². The number of carbonyl (C=O) groups is 1. The van der Waals surface area contributed by atoms with Gasteiger partial charge in [-0.15, -0.1) is 0 Å². The minimum atomic E-state index is -0.0848. The molecule has 0 spiro atoms. The monoisotopic (exact) mass is 250 g/mol. The van der Waals surface area contributed by atoms with Crippen molar-refractivity contribution in [2.75, 3.05) is 19.8 Å². The summed E-state index contributed by atoms with van der Waals surface area (Å²) >= 11 is 0. The second kappa shape index (κ2) is 7.84. The molecule has 1 amide bonds. The Balaban J connectivity index is 2.31. The fraction of sp³-hybridized carbons (Fsp3) is 0.500. The number of hydrogen-bond acceptors (Lipinski definition) is 3. The quantitative estimate of drug-likeness (QED) is 0.722.